The highest BCUT2D eigenvalue weighted by Crippen LogP contribution is 2.12. The molecule has 1 aromatic rings. The Kier molecular flexibility index (Phi) is 9.66. The molecule has 1 saturated heterocycles. The first kappa shape index (κ1) is 23.8. The number of likely N-dealkylation sites (tertiary alicyclic amines) is 1. The van der Waals surface area contributed by atoms with Gasteiger partial charge in [0.25, 0.3) is 0 Å². The number of halogens is 2. The fourth-order valence-corrected chi connectivity index (χ4v) is 2.97. The molecule has 0 aliphatic carbocycles. The molecule has 1 atom stereocenters. The molecule has 1 amide bonds. The van der Waals surface area contributed by atoms with Crippen LogP contribution in [0.15, 0.2) is 29.3 Å². The minimum Gasteiger partial charge on any atom is -0.444 e. The molecular weight excluding hydrogens is 479 g/mol. The van der Waals surface area contributed by atoms with E-state index in [4.69, 9.17) is 16.3 Å². The molecule has 1 fully saturated rings. The fraction of sp³-hybridized carbons (Fsp3) is 0.579. The second kappa shape index (κ2) is 10.9. The molecule has 2 rings (SSSR count). The molecule has 1 aliphatic rings. The predicted octanol–water partition coefficient (Wildman–Crippen LogP) is 3.67. The van der Waals surface area contributed by atoms with Crippen LogP contribution < -0.4 is 10.6 Å². The van der Waals surface area contributed by atoms with Crippen molar-refractivity contribution in [3.63, 3.8) is 0 Å². The maximum atomic E-state index is 11.9. The average molecular weight is 509 g/mol. The van der Waals surface area contributed by atoms with Crippen molar-refractivity contribution < 1.29 is 9.53 Å². The number of carbonyl (C=O) groups is 1. The van der Waals surface area contributed by atoms with Gasteiger partial charge in [0, 0.05) is 31.7 Å². The Morgan fingerprint density at radius 3 is 2.59 bits per heavy atom. The van der Waals surface area contributed by atoms with E-state index in [9.17, 15) is 4.79 Å². The third kappa shape index (κ3) is 8.55. The lowest BCUT2D eigenvalue weighted by atomic mass is 10.1. The molecule has 1 aliphatic heterocycles. The second-order valence-electron chi connectivity index (χ2n) is 7.43. The molecule has 1 aromatic carbocycles. The smallest absolute Gasteiger partial charge is 0.407 e. The highest BCUT2D eigenvalue weighted by atomic mass is 127. The summed E-state index contributed by atoms with van der Waals surface area (Å²) in [5.41, 5.74) is 0.741. The molecule has 27 heavy (non-hydrogen) atoms. The molecule has 0 radical (unpaired) electrons. The number of nitrogens with zero attached hydrogens (tertiary/aromatic N) is 2. The lowest BCUT2D eigenvalue weighted by Gasteiger charge is -2.23. The highest BCUT2D eigenvalue weighted by molar-refractivity contribution is 14.0. The van der Waals surface area contributed by atoms with E-state index in [1.165, 1.54) is 5.56 Å². The van der Waals surface area contributed by atoms with Gasteiger partial charge in [0.15, 0.2) is 5.96 Å². The average Bonchev–Trinajstić information content (AvgIpc) is 2.99. The van der Waals surface area contributed by atoms with E-state index in [2.05, 4.69) is 20.5 Å². The Morgan fingerprint density at radius 2 is 2.00 bits per heavy atom. The molecule has 2 N–H and O–H groups in total. The topological polar surface area (TPSA) is 66.0 Å². The number of hydrogen-bond donors (Lipinski definition) is 2. The van der Waals surface area contributed by atoms with Gasteiger partial charge in [-0.1, -0.05) is 23.7 Å². The third-order valence-corrected chi connectivity index (χ3v) is 4.28. The number of amides is 1. The van der Waals surface area contributed by atoms with Crippen molar-refractivity contribution in [2.24, 2.45) is 4.99 Å². The number of alkyl carbamates (subject to hydrolysis) is 1. The summed E-state index contributed by atoms with van der Waals surface area (Å²) >= 11 is 5.91. The van der Waals surface area contributed by atoms with Gasteiger partial charge >= 0.3 is 6.09 Å². The van der Waals surface area contributed by atoms with Crippen molar-refractivity contribution >= 4 is 47.6 Å². The van der Waals surface area contributed by atoms with Gasteiger partial charge in [0.05, 0.1) is 6.04 Å². The van der Waals surface area contributed by atoms with Gasteiger partial charge in [-0.2, -0.15) is 0 Å². The number of rotatable bonds is 4. The summed E-state index contributed by atoms with van der Waals surface area (Å²) in [6.07, 6.45) is 1.40. The van der Waals surface area contributed by atoms with Gasteiger partial charge in [-0.15, -0.1) is 24.0 Å². The van der Waals surface area contributed by atoms with Crippen molar-refractivity contribution in [2.45, 2.75) is 45.3 Å². The number of nitrogens with one attached hydrogen (secondary N) is 2. The molecule has 0 spiro atoms. The number of carbonyl (C=O) groups excluding carboxylic acids is 1. The van der Waals surface area contributed by atoms with E-state index < -0.39 is 5.60 Å². The summed E-state index contributed by atoms with van der Waals surface area (Å²) < 4.78 is 5.32. The first-order chi connectivity index (χ1) is 12.3. The lowest BCUT2D eigenvalue weighted by molar-refractivity contribution is 0.0507. The van der Waals surface area contributed by atoms with Gasteiger partial charge in [-0.25, -0.2) is 4.79 Å². The molecular formula is C19H30ClIN4O2. The summed E-state index contributed by atoms with van der Waals surface area (Å²) in [7, 11) is 1.78. The van der Waals surface area contributed by atoms with Crippen LogP contribution in [-0.2, 0) is 11.2 Å². The summed E-state index contributed by atoms with van der Waals surface area (Å²) in [5.74, 6) is 0.854. The minimum absolute atomic E-state index is 0. The number of aliphatic imine (C=N–C) groups is 1. The monoisotopic (exact) mass is 508 g/mol. The summed E-state index contributed by atoms with van der Waals surface area (Å²) in [6, 6.07) is 7.94. The van der Waals surface area contributed by atoms with Gasteiger partial charge in [0.2, 0.25) is 0 Å². The number of ether oxygens (including phenoxy) is 1. The van der Waals surface area contributed by atoms with Crippen LogP contribution in [0.2, 0.25) is 5.02 Å². The zero-order valence-corrected chi connectivity index (χ0v) is 19.5. The summed E-state index contributed by atoms with van der Waals surface area (Å²) in [4.78, 5) is 18.4. The number of guanidine groups is 1. The predicted molar refractivity (Wildman–Crippen MR) is 121 cm³/mol. The van der Waals surface area contributed by atoms with Crippen LogP contribution >= 0.6 is 35.6 Å². The summed E-state index contributed by atoms with van der Waals surface area (Å²) in [6.45, 7) is 7.94. The molecule has 0 aromatic heterocycles. The van der Waals surface area contributed by atoms with E-state index in [-0.39, 0.29) is 36.1 Å². The number of benzene rings is 1. The first-order valence-corrected chi connectivity index (χ1v) is 9.34. The van der Waals surface area contributed by atoms with Gasteiger partial charge in [-0.3, -0.25) is 4.99 Å². The van der Waals surface area contributed by atoms with Crippen LogP contribution in [0.1, 0.15) is 32.8 Å². The largest absolute Gasteiger partial charge is 0.444 e. The van der Waals surface area contributed by atoms with Gasteiger partial charge < -0.3 is 20.3 Å². The van der Waals surface area contributed by atoms with Gasteiger partial charge in [0.1, 0.15) is 5.60 Å². The van der Waals surface area contributed by atoms with Gasteiger partial charge in [-0.05, 0) is 51.3 Å². The van der Waals surface area contributed by atoms with E-state index in [1.54, 1.807) is 7.05 Å². The van der Waals surface area contributed by atoms with E-state index in [0.717, 1.165) is 43.5 Å². The molecule has 1 unspecified atom stereocenters. The fourth-order valence-electron chi connectivity index (χ4n) is 2.85. The molecule has 8 heteroatoms. The first-order valence-electron chi connectivity index (χ1n) is 8.96. The molecule has 152 valence electrons. The Morgan fingerprint density at radius 1 is 1.33 bits per heavy atom. The van der Waals surface area contributed by atoms with Crippen LogP contribution in [0, 0.1) is 0 Å². The maximum absolute atomic E-state index is 11.9. The normalized spacial score (nSPS) is 17.3. The summed E-state index contributed by atoms with van der Waals surface area (Å²) in [5, 5.41) is 7.07. The van der Waals surface area contributed by atoms with Crippen molar-refractivity contribution in [3.8, 4) is 0 Å². The van der Waals surface area contributed by atoms with Crippen molar-refractivity contribution in [1.82, 2.24) is 15.5 Å². The van der Waals surface area contributed by atoms with Crippen LogP contribution in [0.25, 0.3) is 0 Å². The number of hydrogen-bond acceptors (Lipinski definition) is 3. The van der Waals surface area contributed by atoms with Crippen LogP contribution in [0.4, 0.5) is 4.79 Å². The van der Waals surface area contributed by atoms with Crippen molar-refractivity contribution in [3.05, 3.63) is 34.9 Å². The third-order valence-electron chi connectivity index (χ3n) is 4.03. The SMILES string of the molecule is CN=C(NCCc1ccc(Cl)cc1)N1CCC(NC(=O)OC(C)(C)C)C1.I. The van der Waals surface area contributed by atoms with E-state index in [0.29, 0.717) is 0 Å². The Bertz CT molecular complexity index is 632. The standard InChI is InChI=1S/C19H29ClN4O2.HI/c1-19(2,3)26-18(25)23-16-10-12-24(13-16)17(21-4)22-11-9-14-5-7-15(20)8-6-14;/h5-8,16H,9-13H2,1-4H3,(H,21,22)(H,23,25);1H. The van der Waals surface area contributed by atoms with Crippen molar-refractivity contribution in [2.75, 3.05) is 26.7 Å². The molecule has 0 bridgehead atoms. The lowest BCUT2D eigenvalue weighted by Crippen LogP contribution is -2.44. The quantitative estimate of drug-likeness (QED) is 0.370. The van der Waals surface area contributed by atoms with Crippen LogP contribution in [0.3, 0.4) is 0 Å². The Hall–Kier alpha value is -1.22. The van der Waals surface area contributed by atoms with E-state index in [1.807, 2.05) is 45.0 Å². The van der Waals surface area contributed by atoms with Crippen LogP contribution in [0.5, 0.6) is 0 Å². The highest BCUT2D eigenvalue weighted by Gasteiger charge is 2.27. The molecule has 0 saturated carbocycles. The minimum atomic E-state index is -0.484. The second-order valence-corrected chi connectivity index (χ2v) is 7.86. The van der Waals surface area contributed by atoms with Crippen LogP contribution in [-0.4, -0.2) is 55.3 Å². The Labute approximate surface area is 184 Å². The Balaban J connectivity index is 0.00000364. The molecule has 6 nitrogen and oxygen atoms in total. The zero-order chi connectivity index (χ0) is 19.2. The van der Waals surface area contributed by atoms with E-state index >= 15 is 0 Å². The maximum Gasteiger partial charge on any atom is 0.407 e. The zero-order valence-electron chi connectivity index (χ0n) is 16.4. The van der Waals surface area contributed by atoms with Crippen molar-refractivity contribution in [1.29, 1.82) is 0 Å². The molecule has 1 heterocycles.